The van der Waals surface area contributed by atoms with E-state index in [4.69, 9.17) is 5.11 Å². The van der Waals surface area contributed by atoms with Crippen molar-refractivity contribution in [2.45, 2.75) is 6.04 Å². The molecule has 1 atom stereocenters. The number of carboxylic acids is 1. The average Bonchev–Trinajstić information content (AvgIpc) is 2.41. The molecule has 18 heavy (non-hydrogen) atoms. The molecule has 1 unspecified atom stereocenters. The summed E-state index contributed by atoms with van der Waals surface area (Å²) in [5.41, 5.74) is 2.37. The van der Waals surface area contributed by atoms with E-state index in [1.165, 1.54) is 0 Å². The van der Waals surface area contributed by atoms with Crippen LogP contribution >= 0.6 is 0 Å². The van der Waals surface area contributed by atoms with Crippen molar-refractivity contribution in [2.24, 2.45) is 0 Å². The zero-order chi connectivity index (χ0) is 13.0. The summed E-state index contributed by atoms with van der Waals surface area (Å²) in [6.45, 7) is 0. The number of carboxylic acid groups (broad SMARTS) is 1. The first kappa shape index (κ1) is 12.3. The van der Waals surface area contributed by atoms with Crippen LogP contribution in [-0.4, -0.2) is 18.1 Å². The van der Waals surface area contributed by atoms with E-state index in [1.807, 2.05) is 43.4 Å². The normalized spacial score (nSPS) is 12.1. The summed E-state index contributed by atoms with van der Waals surface area (Å²) in [7, 11) is 1.87. The molecular formula is C15H15NO2. The summed E-state index contributed by atoms with van der Waals surface area (Å²) in [5, 5.41) is 12.2. The fourth-order valence-corrected chi connectivity index (χ4v) is 2.02. The van der Waals surface area contributed by atoms with Crippen LogP contribution in [0.1, 0.15) is 27.5 Å². The molecule has 0 spiro atoms. The Labute approximate surface area is 106 Å². The van der Waals surface area contributed by atoms with E-state index in [2.05, 4.69) is 5.32 Å². The van der Waals surface area contributed by atoms with Gasteiger partial charge in [0.2, 0.25) is 0 Å². The quantitative estimate of drug-likeness (QED) is 0.865. The molecule has 0 saturated carbocycles. The van der Waals surface area contributed by atoms with Crippen LogP contribution in [0.4, 0.5) is 0 Å². The number of carbonyl (C=O) groups is 1. The van der Waals surface area contributed by atoms with E-state index in [0.717, 1.165) is 11.1 Å². The monoisotopic (exact) mass is 241 g/mol. The summed E-state index contributed by atoms with van der Waals surface area (Å²) < 4.78 is 0. The predicted octanol–water partition coefficient (Wildman–Crippen LogP) is 2.69. The van der Waals surface area contributed by atoms with Crippen molar-refractivity contribution >= 4 is 5.97 Å². The van der Waals surface area contributed by atoms with E-state index >= 15 is 0 Å². The second-order valence-corrected chi connectivity index (χ2v) is 4.06. The predicted molar refractivity (Wildman–Crippen MR) is 70.7 cm³/mol. The van der Waals surface area contributed by atoms with Crippen molar-refractivity contribution in [1.82, 2.24) is 5.32 Å². The first-order valence-electron chi connectivity index (χ1n) is 5.78. The Morgan fingerprint density at radius 3 is 2.33 bits per heavy atom. The highest BCUT2D eigenvalue weighted by molar-refractivity contribution is 5.87. The zero-order valence-corrected chi connectivity index (χ0v) is 10.1. The van der Waals surface area contributed by atoms with Gasteiger partial charge in [0, 0.05) is 0 Å². The molecule has 3 heteroatoms. The minimum absolute atomic E-state index is 0.00509. The van der Waals surface area contributed by atoms with Crippen LogP contribution < -0.4 is 5.32 Å². The van der Waals surface area contributed by atoms with Crippen molar-refractivity contribution in [3.63, 3.8) is 0 Å². The molecule has 0 radical (unpaired) electrons. The van der Waals surface area contributed by atoms with Crippen LogP contribution in [-0.2, 0) is 0 Å². The summed E-state index contributed by atoms with van der Waals surface area (Å²) >= 11 is 0. The maximum Gasteiger partial charge on any atom is 0.335 e. The highest BCUT2D eigenvalue weighted by Crippen LogP contribution is 2.22. The molecule has 92 valence electrons. The molecule has 0 aliphatic heterocycles. The lowest BCUT2D eigenvalue weighted by molar-refractivity contribution is 0.0696. The second kappa shape index (κ2) is 5.47. The van der Waals surface area contributed by atoms with Crippen LogP contribution in [0.2, 0.25) is 0 Å². The summed E-state index contributed by atoms with van der Waals surface area (Å²) in [6.07, 6.45) is 0. The molecule has 0 aliphatic rings. The third-order valence-electron chi connectivity index (χ3n) is 2.89. The highest BCUT2D eigenvalue weighted by Gasteiger charge is 2.13. The maximum atomic E-state index is 11.0. The number of hydrogen-bond donors (Lipinski definition) is 2. The Hall–Kier alpha value is -2.13. The third kappa shape index (κ3) is 2.57. The Kier molecular flexibility index (Phi) is 3.75. The SMILES string of the molecule is CNC(c1ccccc1)c1cccc(C(=O)O)c1. The van der Waals surface area contributed by atoms with Gasteiger partial charge in [0.25, 0.3) is 0 Å². The first-order chi connectivity index (χ1) is 8.72. The molecule has 0 aliphatic carbocycles. The Morgan fingerprint density at radius 1 is 1.06 bits per heavy atom. The Bertz CT molecular complexity index is 537. The minimum atomic E-state index is -0.903. The van der Waals surface area contributed by atoms with Crippen molar-refractivity contribution in [3.8, 4) is 0 Å². The van der Waals surface area contributed by atoms with Gasteiger partial charge in [-0.05, 0) is 30.3 Å². The molecule has 0 saturated heterocycles. The fraction of sp³-hybridized carbons (Fsp3) is 0.133. The molecule has 0 amide bonds. The number of rotatable bonds is 4. The van der Waals surface area contributed by atoms with Crippen LogP contribution in [0.5, 0.6) is 0 Å². The van der Waals surface area contributed by atoms with Gasteiger partial charge in [-0.15, -0.1) is 0 Å². The number of aromatic carboxylic acids is 1. The van der Waals surface area contributed by atoms with Crippen LogP contribution in [0, 0.1) is 0 Å². The van der Waals surface area contributed by atoms with E-state index in [9.17, 15) is 4.79 Å². The first-order valence-corrected chi connectivity index (χ1v) is 5.78. The van der Waals surface area contributed by atoms with Crippen molar-refractivity contribution in [2.75, 3.05) is 7.05 Å². The van der Waals surface area contributed by atoms with Crippen LogP contribution in [0.25, 0.3) is 0 Å². The average molecular weight is 241 g/mol. The Balaban J connectivity index is 2.39. The summed E-state index contributed by atoms with van der Waals surface area (Å²) in [4.78, 5) is 11.0. The summed E-state index contributed by atoms with van der Waals surface area (Å²) in [5.74, 6) is -0.903. The van der Waals surface area contributed by atoms with Gasteiger partial charge >= 0.3 is 5.97 Å². The van der Waals surface area contributed by atoms with E-state index in [1.54, 1.807) is 18.2 Å². The molecule has 3 nitrogen and oxygen atoms in total. The highest BCUT2D eigenvalue weighted by atomic mass is 16.4. The van der Waals surface area contributed by atoms with Crippen molar-refractivity contribution in [1.29, 1.82) is 0 Å². The van der Waals surface area contributed by atoms with Crippen molar-refractivity contribution in [3.05, 3.63) is 71.3 Å². The molecule has 2 rings (SSSR count). The molecule has 0 fully saturated rings. The Morgan fingerprint density at radius 2 is 1.72 bits per heavy atom. The number of hydrogen-bond acceptors (Lipinski definition) is 2. The number of nitrogens with one attached hydrogen (secondary N) is 1. The zero-order valence-electron chi connectivity index (χ0n) is 10.1. The molecule has 0 bridgehead atoms. The van der Waals surface area contributed by atoms with E-state index in [-0.39, 0.29) is 6.04 Å². The number of benzene rings is 2. The molecule has 0 heterocycles. The van der Waals surface area contributed by atoms with Gasteiger partial charge in [0.05, 0.1) is 11.6 Å². The van der Waals surface area contributed by atoms with Crippen LogP contribution in [0.3, 0.4) is 0 Å². The third-order valence-corrected chi connectivity index (χ3v) is 2.89. The molecule has 2 N–H and O–H groups in total. The molecule has 2 aromatic rings. The molecular weight excluding hydrogens is 226 g/mol. The largest absolute Gasteiger partial charge is 0.478 e. The standard InChI is InChI=1S/C15H15NO2/c1-16-14(11-6-3-2-4-7-11)12-8-5-9-13(10-12)15(17)18/h2-10,14,16H,1H3,(H,17,18). The smallest absolute Gasteiger partial charge is 0.335 e. The summed E-state index contributed by atoms with van der Waals surface area (Å²) in [6, 6.07) is 17.0. The minimum Gasteiger partial charge on any atom is -0.478 e. The molecule has 2 aromatic carbocycles. The lowest BCUT2D eigenvalue weighted by Crippen LogP contribution is -2.18. The van der Waals surface area contributed by atoms with Gasteiger partial charge in [-0.2, -0.15) is 0 Å². The van der Waals surface area contributed by atoms with Gasteiger partial charge in [-0.1, -0.05) is 42.5 Å². The topological polar surface area (TPSA) is 49.3 Å². The van der Waals surface area contributed by atoms with Gasteiger partial charge in [-0.25, -0.2) is 4.79 Å². The lowest BCUT2D eigenvalue weighted by atomic mass is 9.97. The van der Waals surface area contributed by atoms with Crippen molar-refractivity contribution < 1.29 is 9.90 Å². The fourth-order valence-electron chi connectivity index (χ4n) is 2.02. The van der Waals surface area contributed by atoms with Crippen LogP contribution in [0.15, 0.2) is 54.6 Å². The van der Waals surface area contributed by atoms with Gasteiger partial charge in [0.1, 0.15) is 0 Å². The van der Waals surface area contributed by atoms with Gasteiger partial charge < -0.3 is 10.4 Å². The molecule has 0 aromatic heterocycles. The second-order valence-electron chi connectivity index (χ2n) is 4.06. The van der Waals surface area contributed by atoms with Gasteiger partial charge in [0.15, 0.2) is 0 Å². The maximum absolute atomic E-state index is 11.0. The van der Waals surface area contributed by atoms with Gasteiger partial charge in [-0.3, -0.25) is 0 Å². The van der Waals surface area contributed by atoms with E-state index in [0.29, 0.717) is 5.56 Å². The van der Waals surface area contributed by atoms with E-state index < -0.39 is 5.97 Å². The lowest BCUT2D eigenvalue weighted by Gasteiger charge is -2.17.